The van der Waals surface area contributed by atoms with E-state index in [1.807, 2.05) is 0 Å². The smallest absolute Gasteiger partial charge is 0.228 e. The molecule has 1 fully saturated rings. The number of hydrogen-bond donors (Lipinski definition) is 1. The Morgan fingerprint density at radius 2 is 2.18 bits per heavy atom. The number of ketones is 1. The minimum atomic E-state index is -0.0412. The van der Waals surface area contributed by atoms with E-state index in [1.54, 1.807) is 12.1 Å². The summed E-state index contributed by atoms with van der Waals surface area (Å²) in [5.41, 5.74) is 2.17. The maximum atomic E-state index is 12.1. The van der Waals surface area contributed by atoms with Crippen LogP contribution in [0.25, 0.3) is 0 Å². The molecule has 3 nitrogen and oxygen atoms in total. The number of Topliss-reactive ketones (excluding diaryl/α,β-unsaturated/α-hetero) is 1. The van der Waals surface area contributed by atoms with Crippen molar-refractivity contribution >= 4 is 29.0 Å². The fraction of sp³-hybridized carbons (Fsp3) is 0.385. The summed E-state index contributed by atoms with van der Waals surface area (Å²) in [5, 5.41) is 3.16. The van der Waals surface area contributed by atoms with Crippen molar-refractivity contribution in [2.45, 2.75) is 19.8 Å². The Bertz CT molecular complexity index is 538. The van der Waals surface area contributed by atoms with Crippen LogP contribution in [0.5, 0.6) is 0 Å². The zero-order valence-electron chi connectivity index (χ0n) is 9.42. The monoisotopic (exact) mass is 249 g/mol. The maximum absolute atomic E-state index is 12.1. The lowest BCUT2D eigenvalue weighted by Crippen LogP contribution is -2.04. The third kappa shape index (κ3) is 1.75. The predicted octanol–water partition coefficient (Wildman–Crippen LogP) is 2.67. The summed E-state index contributed by atoms with van der Waals surface area (Å²) in [5.74, 6) is 0.660. The third-order valence-corrected chi connectivity index (χ3v) is 3.84. The minimum Gasteiger partial charge on any atom is -0.325 e. The number of amides is 1. The van der Waals surface area contributed by atoms with Crippen molar-refractivity contribution in [3.05, 3.63) is 28.3 Å². The van der Waals surface area contributed by atoms with E-state index in [0.717, 1.165) is 17.7 Å². The second kappa shape index (κ2) is 3.57. The van der Waals surface area contributed by atoms with Gasteiger partial charge < -0.3 is 5.32 Å². The highest BCUT2D eigenvalue weighted by Crippen LogP contribution is 2.42. The molecule has 1 aliphatic heterocycles. The molecule has 1 heterocycles. The van der Waals surface area contributed by atoms with Crippen LogP contribution in [0.2, 0.25) is 5.02 Å². The average molecular weight is 250 g/mol. The second-order valence-electron chi connectivity index (χ2n) is 4.90. The molecule has 1 N–H and O–H groups in total. The van der Waals surface area contributed by atoms with Gasteiger partial charge in [-0.05, 0) is 30.0 Å². The van der Waals surface area contributed by atoms with Crippen LogP contribution in [-0.2, 0) is 11.2 Å². The Labute approximate surface area is 104 Å². The molecule has 2 atom stereocenters. The summed E-state index contributed by atoms with van der Waals surface area (Å²) < 4.78 is 0. The van der Waals surface area contributed by atoms with Crippen LogP contribution in [-0.4, -0.2) is 11.7 Å². The lowest BCUT2D eigenvalue weighted by Gasteiger charge is -2.06. The van der Waals surface area contributed by atoms with Gasteiger partial charge >= 0.3 is 0 Å². The van der Waals surface area contributed by atoms with E-state index < -0.39 is 0 Å². The van der Waals surface area contributed by atoms with E-state index in [1.165, 1.54) is 0 Å². The van der Waals surface area contributed by atoms with Gasteiger partial charge in [0.1, 0.15) is 0 Å². The Morgan fingerprint density at radius 3 is 2.82 bits per heavy atom. The van der Waals surface area contributed by atoms with Gasteiger partial charge in [0.05, 0.1) is 11.4 Å². The number of rotatable bonds is 2. The van der Waals surface area contributed by atoms with Crippen LogP contribution in [0.4, 0.5) is 5.69 Å². The number of halogens is 1. The van der Waals surface area contributed by atoms with Crippen LogP contribution in [0.15, 0.2) is 12.1 Å². The van der Waals surface area contributed by atoms with Crippen LogP contribution in [0.3, 0.4) is 0 Å². The van der Waals surface area contributed by atoms with E-state index in [9.17, 15) is 9.59 Å². The first kappa shape index (κ1) is 10.8. The first-order valence-corrected chi connectivity index (χ1v) is 6.10. The predicted molar refractivity (Wildman–Crippen MR) is 65.4 cm³/mol. The molecule has 1 aromatic carbocycles. The first-order valence-electron chi connectivity index (χ1n) is 5.72. The molecule has 88 valence electrons. The van der Waals surface area contributed by atoms with Crippen LogP contribution in [0.1, 0.15) is 29.3 Å². The number of benzene rings is 1. The van der Waals surface area contributed by atoms with Gasteiger partial charge in [0.2, 0.25) is 5.91 Å². The molecule has 17 heavy (non-hydrogen) atoms. The Balaban J connectivity index is 1.98. The molecule has 1 aromatic rings. The highest BCUT2D eigenvalue weighted by Gasteiger charge is 2.40. The highest BCUT2D eigenvalue weighted by atomic mass is 35.5. The fourth-order valence-corrected chi connectivity index (χ4v) is 2.58. The lowest BCUT2D eigenvalue weighted by atomic mass is 10.0. The molecular formula is C13H12ClNO2. The van der Waals surface area contributed by atoms with Crippen molar-refractivity contribution in [2.24, 2.45) is 11.8 Å². The van der Waals surface area contributed by atoms with Crippen molar-refractivity contribution in [1.29, 1.82) is 0 Å². The van der Waals surface area contributed by atoms with E-state index in [4.69, 9.17) is 11.6 Å². The summed E-state index contributed by atoms with van der Waals surface area (Å²) in [4.78, 5) is 23.4. The standard InChI is InChI=1S/C13H12ClNO2/c1-6-2-8(6)13(17)9-3-7-4-12(16)15-11(7)5-10(9)14/h3,5-6,8H,2,4H2,1H3,(H,15,16). The highest BCUT2D eigenvalue weighted by molar-refractivity contribution is 6.34. The molecule has 0 bridgehead atoms. The molecule has 0 radical (unpaired) electrons. The van der Waals surface area contributed by atoms with E-state index in [0.29, 0.717) is 22.9 Å². The third-order valence-electron chi connectivity index (χ3n) is 3.53. The number of anilines is 1. The van der Waals surface area contributed by atoms with Crippen molar-refractivity contribution in [3.63, 3.8) is 0 Å². The molecule has 4 heteroatoms. The molecule has 1 saturated carbocycles. The average Bonchev–Trinajstić information content (AvgIpc) is 2.87. The van der Waals surface area contributed by atoms with Gasteiger partial charge in [-0.15, -0.1) is 0 Å². The Kier molecular flexibility index (Phi) is 2.26. The van der Waals surface area contributed by atoms with Gasteiger partial charge in [0.15, 0.2) is 5.78 Å². The van der Waals surface area contributed by atoms with E-state index in [-0.39, 0.29) is 17.6 Å². The topological polar surface area (TPSA) is 46.2 Å². The number of nitrogens with one attached hydrogen (secondary N) is 1. The zero-order chi connectivity index (χ0) is 12.2. The molecular weight excluding hydrogens is 238 g/mol. The van der Waals surface area contributed by atoms with Gasteiger partial charge in [-0.3, -0.25) is 9.59 Å². The molecule has 3 rings (SSSR count). The Morgan fingerprint density at radius 1 is 1.47 bits per heavy atom. The molecule has 2 aliphatic rings. The van der Waals surface area contributed by atoms with Crippen LogP contribution >= 0.6 is 11.6 Å². The van der Waals surface area contributed by atoms with Crippen LogP contribution in [0, 0.1) is 11.8 Å². The summed E-state index contributed by atoms with van der Waals surface area (Å²) in [6.07, 6.45) is 1.29. The first-order chi connectivity index (χ1) is 8.06. The molecule has 0 spiro atoms. The van der Waals surface area contributed by atoms with Gasteiger partial charge in [0.25, 0.3) is 0 Å². The number of hydrogen-bond acceptors (Lipinski definition) is 2. The SMILES string of the molecule is CC1CC1C(=O)c1cc2c(cc1Cl)NC(=O)C2. The van der Waals surface area contributed by atoms with Gasteiger partial charge in [-0.25, -0.2) is 0 Å². The van der Waals surface area contributed by atoms with Gasteiger partial charge in [-0.2, -0.15) is 0 Å². The number of carbonyl (C=O) groups is 2. The van der Waals surface area contributed by atoms with Gasteiger partial charge in [-0.1, -0.05) is 18.5 Å². The molecule has 0 saturated heterocycles. The number of carbonyl (C=O) groups excluding carboxylic acids is 2. The fourth-order valence-electron chi connectivity index (χ4n) is 2.32. The zero-order valence-corrected chi connectivity index (χ0v) is 10.2. The van der Waals surface area contributed by atoms with Crippen molar-refractivity contribution < 1.29 is 9.59 Å². The summed E-state index contributed by atoms with van der Waals surface area (Å²) in [7, 11) is 0. The van der Waals surface area contributed by atoms with Gasteiger partial charge in [0, 0.05) is 17.2 Å². The summed E-state index contributed by atoms with van der Waals surface area (Å²) in [6, 6.07) is 3.45. The largest absolute Gasteiger partial charge is 0.325 e. The van der Waals surface area contributed by atoms with Crippen LogP contribution < -0.4 is 5.32 Å². The van der Waals surface area contributed by atoms with Crippen molar-refractivity contribution in [3.8, 4) is 0 Å². The maximum Gasteiger partial charge on any atom is 0.228 e. The summed E-state index contributed by atoms with van der Waals surface area (Å²) >= 11 is 6.10. The van der Waals surface area contributed by atoms with E-state index >= 15 is 0 Å². The second-order valence-corrected chi connectivity index (χ2v) is 5.31. The molecule has 0 aromatic heterocycles. The molecule has 2 unspecified atom stereocenters. The molecule has 1 aliphatic carbocycles. The minimum absolute atomic E-state index is 0.0412. The van der Waals surface area contributed by atoms with Crippen molar-refractivity contribution in [1.82, 2.24) is 0 Å². The Hall–Kier alpha value is -1.35. The van der Waals surface area contributed by atoms with E-state index in [2.05, 4.69) is 12.2 Å². The molecule has 1 amide bonds. The lowest BCUT2D eigenvalue weighted by molar-refractivity contribution is -0.115. The normalized spacial score (nSPS) is 25.4. The summed E-state index contributed by atoms with van der Waals surface area (Å²) in [6.45, 7) is 2.06. The van der Waals surface area contributed by atoms with Crippen molar-refractivity contribution in [2.75, 3.05) is 5.32 Å². The quantitative estimate of drug-likeness (QED) is 0.819. The number of fused-ring (bicyclic) bond motifs is 1.